The van der Waals surface area contributed by atoms with E-state index in [4.69, 9.17) is 23.2 Å². The number of hydrogen-bond donors (Lipinski definition) is 1. The van der Waals surface area contributed by atoms with Crippen molar-refractivity contribution < 1.29 is 18.3 Å². The summed E-state index contributed by atoms with van der Waals surface area (Å²) in [6.45, 7) is 4.55. The number of unbranched alkanes of at least 4 members (excludes halogenated alkanes) is 1. The monoisotopic (exact) mass is 507 g/mol. The third-order valence-electron chi connectivity index (χ3n) is 4.78. The minimum Gasteiger partial charge on any atom is -0.395 e. The van der Waals surface area contributed by atoms with Crippen LogP contribution in [0.25, 0.3) is 16.7 Å². The van der Waals surface area contributed by atoms with Gasteiger partial charge in [0.1, 0.15) is 16.7 Å². The molecule has 2 aromatic heterocycles. The van der Waals surface area contributed by atoms with E-state index in [1.54, 1.807) is 13.2 Å². The fourth-order valence-corrected chi connectivity index (χ4v) is 4.52. The molecule has 0 aliphatic heterocycles. The summed E-state index contributed by atoms with van der Waals surface area (Å²) in [5, 5.41) is 14.6. The molecule has 0 aliphatic carbocycles. The molecule has 3 aromatic rings. The second kappa shape index (κ2) is 10.0. The number of alkyl halides is 3. The zero-order valence-corrected chi connectivity index (χ0v) is 20.0. The van der Waals surface area contributed by atoms with Gasteiger partial charge in [-0.25, -0.2) is 14.6 Å². The van der Waals surface area contributed by atoms with Gasteiger partial charge in [-0.3, -0.25) is 0 Å². The van der Waals surface area contributed by atoms with Crippen LogP contribution in [0.1, 0.15) is 31.2 Å². The van der Waals surface area contributed by atoms with Crippen LogP contribution in [0.5, 0.6) is 0 Å². The number of aromatic nitrogens is 4. The van der Waals surface area contributed by atoms with E-state index in [9.17, 15) is 18.3 Å². The first-order chi connectivity index (χ1) is 15.1. The van der Waals surface area contributed by atoms with Crippen molar-refractivity contribution in [2.24, 2.45) is 0 Å². The number of hydrogen-bond acceptors (Lipinski definition) is 6. The average Bonchev–Trinajstić information content (AvgIpc) is 3.07. The number of benzene rings is 1. The largest absolute Gasteiger partial charge is 0.418 e. The molecule has 0 saturated carbocycles. The summed E-state index contributed by atoms with van der Waals surface area (Å²) in [5.41, 5.74) is -1.16. The summed E-state index contributed by atoms with van der Waals surface area (Å²) in [5.74, 6) is 0.878. The standard InChI is InChI=1S/C20H22Cl2F3N5OS/c1-4-5-6-29(7-8-31)17-15-18(27-11(2)26-17)30(28-19(15)32-3)16-13(20(23,24)25)9-12(21)10-14(16)22/h9-10,31H,4-8H2,1-3H3. The summed E-state index contributed by atoms with van der Waals surface area (Å²) in [4.78, 5) is 10.9. The Bertz CT molecular complexity index is 1120. The first-order valence-electron chi connectivity index (χ1n) is 9.86. The first-order valence-corrected chi connectivity index (χ1v) is 11.8. The molecule has 1 aromatic carbocycles. The maximum atomic E-state index is 13.9. The fraction of sp³-hybridized carbons (Fsp3) is 0.450. The van der Waals surface area contributed by atoms with Crippen LogP contribution in [0.2, 0.25) is 10.0 Å². The Morgan fingerprint density at radius 3 is 2.50 bits per heavy atom. The van der Waals surface area contributed by atoms with Crippen molar-refractivity contribution in [3.8, 4) is 5.69 Å². The molecule has 6 nitrogen and oxygen atoms in total. The molecule has 32 heavy (non-hydrogen) atoms. The minimum atomic E-state index is -4.71. The fourth-order valence-electron chi connectivity index (χ4n) is 3.39. The lowest BCUT2D eigenvalue weighted by Gasteiger charge is -2.23. The quantitative estimate of drug-likeness (QED) is 0.390. The third kappa shape index (κ3) is 4.93. The van der Waals surface area contributed by atoms with Crippen LogP contribution in [-0.4, -0.2) is 50.8 Å². The number of aliphatic hydroxyl groups is 1. The van der Waals surface area contributed by atoms with Crippen LogP contribution in [-0.2, 0) is 6.18 Å². The zero-order chi connectivity index (χ0) is 23.6. The van der Waals surface area contributed by atoms with Crippen molar-refractivity contribution in [3.63, 3.8) is 0 Å². The van der Waals surface area contributed by atoms with Crippen LogP contribution in [0.4, 0.5) is 19.0 Å². The van der Waals surface area contributed by atoms with Crippen molar-refractivity contribution in [2.75, 3.05) is 30.9 Å². The van der Waals surface area contributed by atoms with Crippen molar-refractivity contribution in [3.05, 3.63) is 33.6 Å². The molecule has 0 fully saturated rings. The molecule has 0 unspecified atom stereocenters. The van der Waals surface area contributed by atoms with Crippen LogP contribution >= 0.6 is 35.0 Å². The second-order valence-electron chi connectivity index (χ2n) is 7.06. The van der Waals surface area contributed by atoms with E-state index in [1.807, 2.05) is 11.8 Å². The van der Waals surface area contributed by atoms with Crippen LogP contribution in [0.3, 0.4) is 0 Å². The van der Waals surface area contributed by atoms with Gasteiger partial charge in [-0.15, -0.1) is 11.8 Å². The van der Waals surface area contributed by atoms with Gasteiger partial charge < -0.3 is 10.0 Å². The Morgan fingerprint density at radius 2 is 1.91 bits per heavy atom. The molecule has 0 saturated heterocycles. The molecule has 0 amide bonds. The molecule has 0 spiro atoms. The predicted octanol–water partition coefficient (Wildman–Crippen LogP) is 5.77. The molecule has 0 bridgehead atoms. The van der Waals surface area contributed by atoms with E-state index in [1.165, 1.54) is 17.8 Å². The average molecular weight is 508 g/mol. The Labute approximate surface area is 197 Å². The van der Waals surface area contributed by atoms with Gasteiger partial charge in [0.25, 0.3) is 0 Å². The maximum absolute atomic E-state index is 13.9. The Kier molecular flexibility index (Phi) is 7.80. The van der Waals surface area contributed by atoms with E-state index in [0.29, 0.717) is 35.1 Å². The molecule has 0 atom stereocenters. The van der Waals surface area contributed by atoms with Gasteiger partial charge in [0, 0.05) is 18.1 Å². The number of thioether (sulfide) groups is 1. The molecule has 0 radical (unpaired) electrons. The number of anilines is 1. The van der Waals surface area contributed by atoms with E-state index >= 15 is 0 Å². The zero-order valence-electron chi connectivity index (χ0n) is 17.7. The van der Waals surface area contributed by atoms with Crippen molar-refractivity contribution in [1.82, 2.24) is 19.7 Å². The molecule has 174 valence electrons. The highest BCUT2D eigenvalue weighted by Crippen LogP contribution is 2.42. The molecule has 1 N–H and O–H groups in total. The van der Waals surface area contributed by atoms with E-state index in [2.05, 4.69) is 15.1 Å². The predicted molar refractivity (Wildman–Crippen MR) is 122 cm³/mol. The molecule has 2 heterocycles. The van der Waals surface area contributed by atoms with Crippen molar-refractivity contribution in [2.45, 2.75) is 37.9 Å². The number of nitrogens with zero attached hydrogens (tertiary/aromatic N) is 5. The summed E-state index contributed by atoms with van der Waals surface area (Å²) < 4.78 is 42.7. The third-order valence-corrected chi connectivity index (χ3v) is 5.96. The van der Waals surface area contributed by atoms with Gasteiger partial charge in [0.05, 0.1) is 28.3 Å². The smallest absolute Gasteiger partial charge is 0.395 e. The number of aryl methyl sites for hydroxylation is 1. The molecular weight excluding hydrogens is 486 g/mol. The van der Waals surface area contributed by atoms with Gasteiger partial charge >= 0.3 is 6.18 Å². The SMILES string of the molecule is CCCCN(CCO)c1nc(C)nc2c1c(SC)nn2-c1c(Cl)cc(Cl)cc1C(F)(F)F. The minimum absolute atomic E-state index is 0.0990. The lowest BCUT2D eigenvalue weighted by molar-refractivity contribution is -0.137. The molecule has 12 heteroatoms. The highest BCUT2D eigenvalue weighted by Gasteiger charge is 2.37. The first kappa shape index (κ1) is 24.9. The Morgan fingerprint density at radius 1 is 1.19 bits per heavy atom. The molecule has 3 rings (SSSR count). The number of halogens is 5. The lowest BCUT2D eigenvalue weighted by Crippen LogP contribution is -2.29. The highest BCUT2D eigenvalue weighted by molar-refractivity contribution is 7.98. The van der Waals surface area contributed by atoms with Crippen LogP contribution in [0.15, 0.2) is 17.2 Å². The van der Waals surface area contributed by atoms with Crippen molar-refractivity contribution in [1.29, 1.82) is 0 Å². The maximum Gasteiger partial charge on any atom is 0.418 e. The Hall–Kier alpha value is -1.75. The van der Waals surface area contributed by atoms with Crippen molar-refractivity contribution >= 4 is 51.8 Å². The number of fused-ring (bicyclic) bond motifs is 1. The molecular formula is C20H22Cl2F3N5OS. The van der Waals surface area contributed by atoms with Gasteiger partial charge in [0.2, 0.25) is 0 Å². The summed E-state index contributed by atoms with van der Waals surface area (Å²) in [6, 6.07) is 2.07. The normalized spacial score (nSPS) is 12.0. The van der Waals surface area contributed by atoms with E-state index in [-0.39, 0.29) is 28.0 Å². The Balaban J connectivity index is 2.37. The lowest BCUT2D eigenvalue weighted by atomic mass is 10.1. The topological polar surface area (TPSA) is 67.1 Å². The summed E-state index contributed by atoms with van der Waals surface area (Å²) >= 11 is 13.4. The highest BCUT2D eigenvalue weighted by atomic mass is 35.5. The van der Waals surface area contributed by atoms with Gasteiger partial charge in [-0.2, -0.15) is 18.3 Å². The number of rotatable bonds is 8. The van der Waals surface area contributed by atoms with Gasteiger partial charge in [-0.05, 0) is 31.7 Å². The van der Waals surface area contributed by atoms with Crippen LogP contribution < -0.4 is 4.90 Å². The van der Waals surface area contributed by atoms with Crippen LogP contribution in [0, 0.1) is 6.92 Å². The summed E-state index contributed by atoms with van der Waals surface area (Å²) in [7, 11) is 0. The van der Waals surface area contributed by atoms with Gasteiger partial charge in [-0.1, -0.05) is 36.5 Å². The van der Waals surface area contributed by atoms with Gasteiger partial charge in [0.15, 0.2) is 5.65 Å². The summed E-state index contributed by atoms with van der Waals surface area (Å²) in [6.07, 6.45) is -1.16. The van der Waals surface area contributed by atoms with E-state index in [0.717, 1.165) is 23.6 Å². The molecule has 0 aliphatic rings. The van der Waals surface area contributed by atoms with E-state index < -0.39 is 11.7 Å². The number of aliphatic hydroxyl groups excluding tert-OH is 1. The second-order valence-corrected chi connectivity index (χ2v) is 8.70.